The number of aromatic amines is 1. The smallest absolute Gasteiger partial charge is 0.120 e. The Morgan fingerprint density at radius 1 is 1.75 bits per heavy atom. The first-order valence-corrected chi connectivity index (χ1v) is 5.77. The summed E-state index contributed by atoms with van der Waals surface area (Å²) >= 11 is 0. The molecule has 90 valence electrons. The predicted molar refractivity (Wildman–Crippen MR) is 62.1 cm³/mol. The number of hydrogen-bond donors (Lipinski definition) is 2. The van der Waals surface area contributed by atoms with Crippen molar-refractivity contribution in [3.63, 3.8) is 0 Å². The van der Waals surface area contributed by atoms with E-state index in [4.69, 9.17) is 4.74 Å². The van der Waals surface area contributed by atoms with E-state index in [1.165, 1.54) is 0 Å². The van der Waals surface area contributed by atoms with Gasteiger partial charge in [0.2, 0.25) is 0 Å². The molecule has 1 aromatic heterocycles. The van der Waals surface area contributed by atoms with E-state index in [1.54, 1.807) is 6.20 Å². The predicted octanol–water partition coefficient (Wildman–Crippen LogP) is 0.218. The monoisotopic (exact) mass is 224 g/mol. The molecule has 1 aliphatic heterocycles. The van der Waals surface area contributed by atoms with E-state index in [0.29, 0.717) is 6.04 Å². The van der Waals surface area contributed by atoms with E-state index in [0.717, 1.165) is 32.1 Å². The van der Waals surface area contributed by atoms with Gasteiger partial charge in [-0.05, 0) is 14.0 Å². The number of nitrogens with one attached hydrogen (secondary N) is 2. The van der Waals surface area contributed by atoms with Crippen LogP contribution in [0.2, 0.25) is 0 Å². The molecule has 0 aliphatic carbocycles. The molecule has 0 spiro atoms. The van der Waals surface area contributed by atoms with Crippen molar-refractivity contribution in [3.05, 3.63) is 18.2 Å². The van der Waals surface area contributed by atoms with Gasteiger partial charge < -0.3 is 19.9 Å². The molecule has 1 fully saturated rings. The molecule has 2 unspecified atom stereocenters. The third-order valence-electron chi connectivity index (χ3n) is 3.00. The molecule has 16 heavy (non-hydrogen) atoms. The van der Waals surface area contributed by atoms with Gasteiger partial charge in [-0.2, -0.15) is 0 Å². The molecule has 5 heteroatoms. The van der Waals surface area contributed by atoms with Gasteiger partial charge in [0.1, 0.15) is 5.82 Å². The van der Waals surface area contributed by atoms with Crippen LogP contribution in [0.1, 0.15) is 12.7 Å². The van der Waals surface area contributed by atoms with Gasteiger partial charge in [0.25, 0.3) is 0 Å². The second kappa shape index (κ2) is 5.43. The first kappa shape index (κ1) is 11.6. The van der Waals surface area contributed by atoms with Crippen molar-refractivity contribution in [3.8, 4) is 0 Å². The van der Waals surface area contributed by atoms with Crippen molar-refractivity contribution >= 4 is 0 Å². The minimum Gasteiger partial charge on any atom is -0.374 e. The molecule has 0 saturated carbocycles. The van der Waals surface area contributed by atoms with Gasteiger partial charge in [-0.25, -0.2) is 4.98 Å². The van der Waals surface area contributed by atoms with Crippen LogP contribution in [0.3, 0.4) is 0 Å². The van der Waals surface area contributed by atoms with Crippen LogP contribution in [0.25, 0.3) is 0 Å². The van der Waals surface area contributed by atoms with Crippen molar-refractivity contribution in [2.45, 2.75) is 25.6 Å². The van der Waals surface area contributed by atoms with Crippen molar-refractivity contribution < 1.29 is 4.74 Å². The molecule has 1 saturated heterocycles. The highest BCUT2D eigenvalue weighted by atomic mass is 16.5. The Morgan fingerprint density at radius 3 is 3.31 bits per heavy atom. The Morgan fingerprint density at radius 2 is 2.62 bits per heavy atom. The third kappa shape index (κ3) is 3.04. The summed E-state index contributed by atoms with van der Waals surface area (Å²) in [5.74, 6) is 0.969. The zero-order chi connectivity index (χ0) is 11.4. The van der Waals surface area contributed by atoms with Gasteiger partial charge in [-0.1, -0.05) is 0 Å². The van der Waals surface area contributed by atoms with Gasteiger partial charge in [0.05, 0.1) is 19.3 Å². The first-order valence-electron chi connectivity index (χ1n) is 5.77. The molecule has 0 bridgehead atoms. The van der Waals surface area contributed by atoms with E-state index >= 15 is 0 Å². The van der Waals surface area contributed by atoms with Crippen molar-refractivity contribution in [1.82, 2.24) is 20.2 Å². The Hall–Kier alpha value is -0.910. The lowest BCUT2D eigenvalue weighted by Crippen LogP contribution is -2.49. The summed E-state index contributed by atoms with van der Waals surface area (Å²) in [5.41, 5.74) is 0. The van der Waals surface area contributed by atoms with Gasteiger partial charge in [-0.3, -0.25) is 0 Å². The lowest BCUT2D eigenvalue weighted by molar-refractivity contribution is -0.0356. The number of rotatable bonds is 4. The number of aromatic nitrogens is 2. The summed E-state index contributed by atoms with van der Waals surface area (Å²) in [5, 5.41) is 3.43. The number of likely N-dealkylation sites (N-methyl/N-ethyl adjacent to an activating group) is 1. The molecule has 5 nitrogen and oxygen atoms in total. The molecule has 1 aliphatic rings. The quantitative estimate of drug-likeness (QED) is 0.768. The normalized spacial score (nSPS) is 24.5. The van der Waals surface area contributed by atoms with Crippen LogP contribution in [0.5, 0.6) is 0 Å². The largest absolute Gasteiger partial charge is 0.374 e. The topological polar surface area (TPSA) is 53.2 Å². The van der Waals surface area contributed by atoms with E-state index < -0.39 is 0 Å². The fourth-order valence-electron chi connectivity index (χ4n) is 1.90. The number of ether oxygens (including phenoxy) is 1. The maximum absolute atomic E-state index is 5.75. The fraction of sp³-hybridized carbons (Fsp3) is 0.727. The highest BCUT2D eigenvalue weighted by Crippen LogP contribution is 2.07. The van der Waals surface area contributed by atoms with Gasteiger partial charge in [-0.15, -0.1) is 0 Å². The van der Waals surface area contributed by atoms with Crippen LogP contribution in [0, 0.1) is 0 Å². The van der Waals surface area contributed by atoms with Crippen molar-refractivity contribution in [2.24, 2.45) is 0 Å². The zero-order valence-electron chi connectivity index (χ0n) is 9.94. The number of H-pyrrole nitrogens is 1. The lowest BCUT2D eigenvalue weighted by Gasteiger charge is -2.34. The highest BCUT2D eigenvalue weighted by molar-refractivity contribution is 4.88. The molecular weight excluding hydrogens is 204 g/mol. The minimum absolute atomic E-state index is 0.272. The minimum atomic E-state index is 0.272. The van der Waals surface area contributed by atoms with Crippen LogP contribution in [0.4, 0.5) is 0 Å². The third-order valence-corrected chi connectivity index (χ3v) is 3.00. The molecule has 1 aromatic rings. The Labute approximate surface area is 96.2 Å². The summed E-state index contributed by atoms with van der Waals surface area (Å²) in [6.45, 7) is 5.77. The van der Waals surface area contributed by atoms with Crippen molar-refractivity contribution in [2.75, 3.05) is 26.7 Å². The van der Waals surface area contributed by atoms with Crippen LogP contribution in [-0.4, -0.2) is 53.8 Å². The van der Waals surface area contributed by atoms with Crippen LogP contribution in [0.15, 0.2) is 12.4 Å². The Kier molecular flexibility index (Phi) is 3.93. The molecule has 2 N–H and O–H groups in total. The summed E-state index contributed by atoms with van der Waals surface area (Å²) in [7, 11) is 2.13. The van der Waals surface area contributed by atoms with Crippen LogP contribution < -0.4 is 5.32 Å². The van der Waals surface area contributed by atoms with Gasteiger partial charge in [0.15, 0.2) is 0 Å². The maximum atomic E-state index is 5.75. The first-order chi connectivity index (χ1) is 7.75. The average molecular weight is 224 g/mol. The van der Waals surface area contributed by atoms with Gasteiger partial charge >= 0.3 is 0 Å². The summed E-state index contributed by atoms with van der Waals surface area (Å²) < 4.78 is 5.75. The Balaban J connectivity index is 1.76. The summed E-state index contributed by atoms with van der Waals surface area (Å²) in [4.78, 5) is 9.56. The van der Waals surface area contributed by atoms with Gasteiger partial charge in [0, 0.05) is 31.5 Å². The number of imidazole rings is 1. The molecule has 2 heterocycles. The number of morpholine rings is 1. The fourth-order valence-corrected chi connectivity index (χ4v) is 1.90. The Bertz CT molecular complexity index is 301. The lowest BCUT2D eigenvalue weighted by atomic mass is 10.1. The molecular formula is C11H20N4O. The standard InChI is InChI=1S/C11H20N4O/c1-9(10-8-15(2)5-6-16-10)14-7-11-12-3-4-13-11/h3-4,9-10,14H,5-8H2,1-2H3,(H,12,13). The molecule has 0 radical (unpaired) electrons. The molecule has 2 atom stereocenters. The number of nitrogens with zero attached hydrogens (tertiary/aromatic N) is 2. The highest BCUT2D eigenvalue weighted by Gasteiger charge is 2.23. The second-order valence-corrected chi connectivity index (χ2v) is 4.38. The molecule has 0 amide bonds. The van der Waals surface area contributed by atoms with E-state index in [-0.39, 0.29) is 6.10 Å². The van der Waals surface area contributed by atoms with E-state index in [9.17, 15) is 0 Å². The molecule has 2 rings (SSSR count). The van der Waals surface area contributed by atoms with E-state index in [1.807, 2.05) is 6.20 Å². The summed E-state index contributed by atoms with van der Waals surface area (Å²) in [6, 6.07) is 0.341. The SMILES string of the molecule is CC(NCc1ncc[nH]1)C1CN(C)CCO1. The maximum Gasteiger partial charge on any atom is 0.120 e. The van der Waals surface area contributed by atoms with Crippen LogP contribution in [-0.2, 0) is 11.3 Å². The van der Waals surface area contributed by atoms with Crippen LogP contribution >= 0.6 is 0 Å². The molecule has 0 aromatic carbocycles. The van der Waals surface area contributed by atoms with E-state index in [2.05, 4.69) is 34.2 Å². The second-order valence-electron chi connectivity index (χ2n) is 4.38. The van der Waals surface area contributed by atoms with Crippen molar-refractivity contribution in [1.29, 1.82) is 0 Å². The average Bonchev–Trinajstić information content (AvgIpc) is 2.78. The number of hydrogen-bond acceptors (Lipinski definition) is 4. The zero-order valence-corrected chi connectivity index (χ0v) is 9.94. The summed E-state index contributed by atoms with van der Waals surface area (Å²) in [6.07, 6.45) is 3.88.